The Bertz CT molecular complexity index is 972. The first-order valence-electron chi connectivity index (χ1n) is 7.13. The van der Waals surface area contributed by atoms with Gasteiger partial charge in [-0.15, -0.1) is 0 Å². The Morgan fingerprint density at radius 2 is 2.00 bits per heavy atom. The van der Waals surface area contributed by atoms with Crippen LogP contribution in [0.1, 0.15) is 10.4 Å². The third kappa shape index (κ3) is 2.57. The molecule has 1 amide bonds. The van der Waals surface area contributed by atoms with Gasteiger partial charge in [0.25, 0.3) is 5.91 Å². The highest BCUT2D eigenvalue weighted by Gasteiger charge is 2.09. The topological polar surface area (TPSA) is 86.5 Å². The molecule has 112 valence electrons. The highest BCUT2D eigenvalue weighted by molar-refractivity contribution is 6.06. The first kappa shape index (κ1) is 13.3. The van der Waals surface area contributed by atoms with Crippen molar-refractivity contribution in [1.82, 2.24) is 19.9 Å². The molecule has 0 saturated carbocycles. The number of nitrogens with zero attached hydrogens (tertiary/aromatic N) is 2. The summed E-state index contributed by atoms with van der Waals surface area (Å²) in [6, 6.07) is 13.0. The summed E-state index contributed by atoms with van der Waals surface area (Å²) in [5.74, 6) is -0.164. The second kappa shape index (κ2) is 5.42. The van der Waals surface area contributed by atoms with Crippen molar-refractivity contribution in [2.24, 2.45) is 0 Å². The zero-order valence-electron chi connectivity index (χ0n) is 12.1. The van der Waals surface area contributed by atoms with Gasteiger partial charge in [-0.25, -0.2) is 9.97 Å². The molecule has 0 aliphatic carbocycles. The maximum absolute atomic E-state index is 12.4. The minimum Gasteiger partial charge on any atom is -0.345 e. The van der Waals surface area contributed by atoms with Crippen molar-refractivity contribution in [3.05, 3.63) is 66.9 Å². The van der Waals surface area contributed by atoms with Crippen LogP contribution >= 0.6 is 0 Å². The summed E-state index contributed by atoms with van der Waals surface area (Å²) in [4.78, 5) is 26.6. The van der Waals surface area contributed by atoms with Gasteiger partial charge in [0, 0.05) is 16.8 Å². The number of fused-ring (bicyclic) bond motifs is 1. The van der Waals surface area contributed by atoms with Crippen molar-refractivity contribution in [2.45, 2.75) is 0 Å². The Hall–Kier alpha value is -3.41. The van der Waals surface area contributed by atoms with Crippen LogP contribution in [0.25, 0.3) is 22.3 Å². The fourth-order valence-electron chi connectivity index (χ4n) is 2.46. The van der Waals surface area contributed by atoms with Crippen LogP contribution in [0.15, 0.2) is 61.3 Å². The highest BCUT2D eigenvalue weighted by Crippen LogP contribution is 2.21. The molecule has 0 aliphatic rings. The van der Waals surface area contributed by atoms with Crippen molar-refractivity contribution in [2.75, 3.05) is 5.32 Å². The maximum Gasteiger partial charge on any atom is 0.255 e. The maximum atomic E-state index is 12.4. The molecule has 4 rings (SSSR count). The van der Waals surface area contributed by atoms with Crippen molar-refractivity contribution in [1.29, 1.82) is 0 Å². The van der Waals surface area contributed by atoms with E-state index in [0.717, 1.165) is 28.0 Å². The van der Waals surface area contributed by atoms with Gasteiger partial charge in [0.1, 0.15) is 0 Å². The minimum atomic E-state index is -0.164. The predicted molar refractivity (Wildman–Crippen MR) is 88.1 cm³/mol. The average Bonchev–Trinajstić information content (AvgIpc) is 3.26. The van der Waals surface area contributed by atoms with E-state index in [1.165, 1.54) is 0 Å². The molecule has 2 aromatic carbocycles. The quantitative estimate of drug-likeness (QED) is 0.543. The van der Waals surface area contributed by atoms with Gasteiger partial charge >= 0.3 is 0 Å². The Kier molecular flexibility index (Phi) is 3.12. The van der Waals surface area contributed by atoms with Crippen molar-refractivity contribution >= 4 is 22.6 Å². The van der Waals surface area contributed by atoms with E-state index in [-0.39, 0.29) is 5.91 Å². The van der Waals surface area contributed by atoms with Gasteiger partial charge < -0.3 is 15.3 Å². The number of H-pyrrole nitrogens is 2. The van der Waals surface area contributed by atoms with Crippen LogP contribution in [-0.2, 0) is 0 Å². The molecule has 0 fully saturated rings. The van der Waals surface area contributed by atoms with Gasteiger partial charge in [-0.1, -0.05) is 12.1 Å². The van der Waals surface area contributed by atoms with Crippen LogP contribution in [0.4, 0.5) is 5.69 Å². The lowest BCUT2D eigenvalue weighted by Gasteiger charge is -2.07. The largest absolute Gasteiger partial charge is 0.345 e. The number of nitrogens with one attached hydrogen (secondary N) is 3. The van der Waals surface area contributed by atoms with Gasteiger partial charge in [-0.2, -0.15) is 0 Å². The van der Waals surface area contributed by atoms with Crippen LogP contribution in [0, 0.1) is 0 Å². The molecule has 6 heteroatoms. The standard InChI is InChI=1S/C17H13N5O/c23-17(12-4-5-14-15(7-12)21-10-20-14)22-13-3-1-2-11(6-13)16-8-18-9-19-16/h1-10H,(H,18,19)(H,20,21)(H,22,23). The van der Waals surface area contributed by atoms with Crippen LogP contribution in [0.5, 0.6) is 0 Å². The molecule has 0 atom stereocenters. The number of carbonyl (C=O) groups is 1. The summed E-state index contributed by atoms with van der Waals surface area (Å²) in [5, 5.41) is 2.91. The van der Waals surface area contributed by atoms with Gasteiger partial charge in [-0.05, 0) is 30.3 Å². The monoisotopic (exact) mass is 303 g/mol. The van der Waals surface area contributed by atoms with Gasteiger partial charge in [0.05, 0.1) is 35.6 Å². The number of hydrogen-bond acceptors (Lipinski definition) is 3. The lowest BCUT2D eigenvalue weighted by atomic mass is 10.1. The number of carbonyl (C=O) groups excluding carboxylic acids is 1. The Balaban J connectivity index is 1.59. The van der Waals surface area contributed by atoms with E-state index < -0.39 is 0 Å². The number of amides is 1. The lowest BCUT2D eigenvalue weighted by Crippen LogP contribution is -2.11. The first-order chi connectivity index (χ1) is 11.3. The lowest BCUT2D eigenvalue weighted by molar-refractivity contribution is 0.102. The molecule has 4 aromatic rings. The Labute approximate surface area is 131 Å². The van der Waals surface area contributed by atoms with E-state index in [4.69, 9.17) is 0 Å². The summed E-state index contributed by atoms with van der Waals surface area (Å²) in [6.07, 6.45) is 4.98. The fraction of sp³-hybridized carbons (Fsp3) is 0. The van der Waals surface area contributed by atoms with E-state index in [9.17, 15) is 4.79 Å². The summed E-state index contributed by atoms with van der Waals surface area (Å²) in [5.41, 5.74) is 4.84. The summed E-state index contributed by atoms with van der Waals surface area (Å²) in [7, 11) is 0. The number of hydrogen-bond donors (Lipinski definition) is 3. The molecular weight excluding hydrogens is 290 g/mol. The van der Waals surface area contributed by atoms with Crippen molar-refractivity contribution in [3.8, 4) is 11.3 Å². The second-order valence-corrected chi connectivity index (χ2v) is 5.13. The molecule has 0 radical (unpaired) electrons. The smallest absolute Gasteiger partial charge is 0.255 e. The molecule has 2 aromatic heterocycles. The predicted octanol–water partition coefficient (Wildman–Crippen LogP) is 3.21. The summed E-state index contributed by atoms with van der Waals surface area (Å²) in [6.45, 7) is 0. The summed E-state index contributed by atoms with van der Waals surface area (Å²) >= 11 is 0. The van der Waals surface area contributed by atoms with Crippen LogP contribution < -0.4 is 5.32 Å². The second-order valence-electron chi connectivity index (χ2n) is 5.13. The molecular formula is C17H13N5O. The van der Waals surface area contributed by atoms with E-state index >= 15 is 0 Å². The molecule has 0 saturated heterocycles. The van der Waals surface area contributed by atoms with Gasteiger partial charge in [-0.3, -0.25) is 4.79 Å². The zero-order chi connectivity index (χ0) is 15.6. The molecule has 3 N–H and O–H groups in total. The SMILES string of the molecule is O=C(Nc1cccc(-c2cnc[nH]2)c1)c1ccc2nc[nH]c2c1. The number of rotatable bonds is 3. The minimum absolute atomic E-state index is 0.164. The molecule has 0 spiro atoms. The third-order valence-corrected chi connectivity index (χ3v) is 3.61. The normalized spacial score (nSPS) is 10.8. The van der Waals surface area contributed by atoms with E-state index in [1.807, 2.05) is 30.3 Å². The molecule has 0 bridgehead atoms. The first-order valence-corrected chi connectivity index (χ1v) is 7.13. The third-order valence-electron chi connectivity index (χ3n) is 3.61. The molecule has 6 nitrogen and oxygen atoms in total. The Morgan fingerprint density at radius 1 is 1.04 bits per heavy atom. The van der Waals surface area contributed by atoms with Gasteiger partial charge in [0.2, 0.25) is 0 Å². The van der Waals surface area contributed by atoms with Crippen molar-refractivity contribution < 1.29 is 4.79 Å². The number of aromatic amines is 2. The van der Waals surface area contributed by atoms with Crippen LogP contribution in [0.3, 0.4) is 0 Å². The zero-order valence-corrected chi connectivity index (χ0v) is 12.1. The fourth-order valence-corrected chi connectivity index (χ4v) is 2.46. The van der Waals surface area contributed by atoms with Gasteiger partial charge in [0.15, 0.2) is 0 Å². The van der Waals surface area contributed by atoms with E-state index in [2.05, 4.69) is 25.3 Å². The Morgan fingerprint density at radius 3 is 2.87 bits per heavy atom. The average molecular weight is 303 g/mol. The number of benzene rings is 2. The highest BCUT2D eigenvalue weighted by atomic mass is 16.1. The van der Waals surface area contributed by atoms with E-state index in [1.54, 1.807) is 31.0 Å². The molecule has 0 aliphatic heterocycles. The van der Waals surface area contributed by atoms with Crippen LogP contribution in [0.2, 0.25) is 0 Å². The summed E-state index contributed by atoms with van der Waals surface area (Å²) < 4.78 is 0. The number of imidazole rings is 2. The molecule has 2 heterocycles. The van der Waals surface area contributed by atoms with E-state index in [0.29, 0.717) is 5.56 Å². The van der Waals surface area contributed by atoms with Crippen LogP contribution in [-0.4, -0.2) is 25.8 Å². The van der Waals surface area contributed by atoms with Crippen molar-refractivity contribution in [3.63, 3.8) is 0 Å². The number of aromatic nitrogens is 4. The number of anilines is 1. The molecule has 0 unspecified atom stereocenters. The molecule has 23 heavy (non-hydrogen) atoms.